The summed E-state index contributed by atoms with van der Waals surface area (Å²) in [4.78, 5) is 13.7. The third-order valence-corrected chi connectivity index (χ3v) is 4.80. The molecule has 0 radical (unpaired) electrons. The second-order valence-electron chi connectivity index (χ2n) is 6.29. The Morgan fingerprint density at radius 2 is 2.00 bits per heavy atom. The maximum atomic E-state index is 12.2. The van der Waals surface area contributed by atoms with Crippen molar-refractivity contribution in [2.75, 3.05) is 23.6 Å². The number of nitrogens with two attached hydrogens (primary N) is 1. The van der Waals surface area contributed by atoms with Gasteiger partial charge in [-0.2, -0.15) is 0 Å². The molecule has 1 aromatic carbocycles. The van der Waals surface area contributed by atoms with Gasteiger partial charge >= 0.3 is 0 Å². The van der Waals surface area contributed by atoms with E-state index in [-0.39, 0.29) is 24.6 Å². The number of carbonyl (C=O) groups is 1. The third-order valence-electron chi connectivity index (χ3n) is 3.62. The van der Waals surface area contributed by atoms with E-state index in [2.05, 4.69) is 4.72 Å². The second-order valence-corrected chi connectivity index (χ2v) is 8.02. The van der Waals surface area contributed by atoms with Crippen molar-refractivity contribution in [3.8, 4) is 5.75 Å². The highest BCUT2D eigenvalue weighted by Crippen LogP contribution is 2.18. The van der Waals surface area contributed by atoms with Crippen molar-refractivity contribution in [2.45, 2.75) is 38.8 Å². The summed E-state index contributed by atoms with van der Waals surface area (Å²) in [7, 11) is -3.76. The molecule has 1 saturated heterocycles. The molecular formula is C16H26ClN3O4S. The van der Waals surface area contributed by atoms with E-state index in [0.717, 1.165) is 12.8 Å². The largest absolute Gasteiger partial charge is 0.491 e. The van der Waals surface area contributed by atoms with Crippen molar-refractivity contribution in [3.63, 3.8) is 0 Å². The fraction of sp³-hybridized carbons (Fsp3) is 0.562. The zero-order valence-electron chi connectivity index (χ0n) is 14.5. The van der Waals surface area contributed by atoms with E-state index >= 15 is 0 Å². The van der Waals surface area contributed by atoms with Crippen LogP contribution < -0.4 is 15.2 Å². The molecule has 1 aliphatic heterocycles. The van der Waals surface area contributed by atoms with Gasteiger partial charge in [0, 0.05) is 24.8 Å². The quantitative estimate of drug-likeness (QED) is 0.766. The van der Waals surface area contributed by atoms with Crippen LogP contribution in [0.4, 0.5) is 5.69 Å². The van der Waals surface area contributed by atoms with Crippen LogP contribution in [0.3, 0.4) is 0 Å². The van der Waals surface area contributed by atoms with Crippen LogP contribution in [-0.2, 0) is 14.8 Å². The molecule has 0 bridgehead atoms. The van der Waals surface area contributed by atoms with E-state index in [1.165, 1.54) is 4.90 Å². The molecule has 0 aromatic heterocycles. The number of nitrogens with one attached hydrogen (secondary N) is 1. The summed E-state index contributed by atoms with van der Waals surface area (Å²) in [6.07, 6.45) is 1.71. The first-order chi connectivity index (χ1) is 11.2. The van der Waals surface area contributed by atoms with Gasteiger partial charge in [0.15, 0.2) is 0 Å². The zero-order valence-corrected chi connectivity index (χ0v) is 16.1. The third kappa shape index (κ3) is 7.09. The van der Waals surface area contributed by atoms with Gasteiger partial charge in [-0.15, -0.1) is 12.4 Å². The van der Waals surface area contributed by atoms with Gasteiger partial charge in [-0.3, -0.25) is 9.52 Å². The van der Waals surface area contributed by atoms with Crippen LogP contribution in [0.1, 0.15) is 26.7 Å². The highest BCUT2D eigenvalue weighted by Gasteiger charge is 2.25. The smallest absolute Gasteiger partial charge is 0.241 e. The lowest BCUT2D eigenvalue weighted by Crippen LogP contribution is -2.47. The summed E-state index contributed by atoms with van der Waals surface area (Å²) in [6, 6.07) is 6.51. The number of ether oxygens (including phenoxy) is 1. The molecule has 1 amide bonds. The Labute approximate surface area is 155 Å². The molecule has 1 unspecified atom stereocenters. The number of sulfonamides is 1. The highest BCUT2D eigenvalue weighted by molar-refractivity contribution is 7.93. The van der Waals surface area contributed by atoms with Crippen molar-refractivity contribution in [1.82, 2.24) is 4.90 Å². The van der Waals surface area contributed by atoms with E-state index < -0.39 is 21.7 Å². The maximum Gasteiger partial charge on any atom is 0.241 e. The first-order valence-electron chi connectivity index (χ1n) is 8.06. The molecule has 9 heteroatoms. The number of hydrogen-bond donors (Lipinski definition) is 2. The van der Waals surface area contributed by atoms with Crippen molar-refractivity contribution in [3.05, 3.63) is 24.3 Å². The van der Waals surface area contributed by atoms with Crippen molar-refractivity contribution in [1.29, 1.82) is 0 Å². The fourth-order valence-corrected chi connectivity index (χ4v) is 3.65. The van der Waals surface area contributed by atoms with E-state index in [0.29, 0.717) is 24.5 Å². The standard InChI is InChI=1S/C16H25N3O4S.ClH/c1-12(2)23-15-7-5-14(6-8-15)18-24(21,22)11-16(20)19-9-3-4-13(17)10-19;/h5-8,12-13,18H,3-4,9-11,17H2,1-2H3;1H. The number of benzene rings is 1. The number of amides is 1. The fourth-order valence-electron chi connectivity index (χ4n) is 2.58. The maximum absolute atomic E-state index is 12.2. The van der Waals surface area contributed by atoms with Gasteiger partial charge in [0.1, 0.15) is 11.5 Å². The van der Waals surface area contributed by atoms with Gasteiger partial charge in [-0.05, 0) is 51.0 Å². The lowest BCUT2D eigenvalue weighted by Gasteiger charge is -2.30. The minimum atomic E-state index is -3.76. The summed E-state index contributed by atoms with van der Waals surface area (Å²) in [6.45, 7) is 4.79. The van der Waals surface area contributed by atoms with Crippen LogP contribution in [0.15, 0.2) is 24.3 Å². The summed E-state index contributed by atoms with van der Waals surface area (Å²) in [5, 5.41) is 0. The predicted octanol–water partition coefficient (Wildman–Crippen LogP) is 1.59. The van der Waals surface area contributed by atoms with Crippen molar-refractivity contribution >= 4 is 34.0 Å². The molecule has 0 aliphatic carbocycles. The average molecular weight is 392 g/mol. The van der Waals surface area contributed by atoms with Crippen molar-refractivity contribution < 1.29 is 17.9 Å². The monoisotopic (exact) mass is 391 g/mol. The Morgan fingerprint density at radius 3 is 2.56 bits per heavy atom. The Balaban J connectivity index is 0.00000312. The first-order valence-corrected chi connectivity index (χ1v) is 9.71. The highest BCUT2D eigenvalue weighted by atomic mass is 35.5. The minimum Gasteiger partial charge on any atom is -0.491 e. The Bertz CT molecular complexity index is 664. The molecule has 1 atom stereocenters. The van der Waals surface area contributed by atoms with E-state index in [1.807, 2.05) is 13.8 Å². The van der Waals surface area contributed by atoms with Gasteiger partial charge in [0.05, 0.1) is 6.10 Å². The molecule has 3 N–H and O–H groups in total. The minimum absolute atomic E-state index is 0. The van der Waals surface area contributed by atoms with Crippen LogP contribution in [-0.4, -0.2) is 50.2 Å². The molecule has 1 aromatic rings. The van der Waals surface area contributed by atoms with Crippen LogP contribution >= 0.6 is 12.4 Å². The molecule has 7 nitrogen and oxygen atoms in total. The molecule has 0 spiro atoms. The molecule has 25 heavy (non-hydrogen) atoms. The van der Waals surface area contributed by atoms with Crippen LogP contribution in [0.2, 0.25) is 0 Å². The van der Waals surface area contributed by atoms with Gasteiger partial charge in [-0.25, -0.2) is 8.42 Å². The SMILES string of the molecule is CC(C)Oc1ccc(NS(=O)(=O)CC(=O)N2CCCC(N)C2)cc1.Cl. The van der Waals surface area contributed by atoms with Gasteiger partial charge in [-0.1, -0.05) is 0 Å². The first kappa shape index (κ1) is 21.5. The number of anilines is 1. The molecule has 142 valence electrons. The van der Waals surface area contributed by atoms with Crippen LogP contribution in [0.25, 0.3) is 0 Å². The zero-order chi connectivity index (χ0) is 17.7. The second kappa shape index (κ2) is 9.26. The topological polar surface area (TPSA) is 102 Å². The summed E-state index contributed by atoms with van der Waals surface area (Å²) < 4.78 is 32.3. The average Bonchev–Trinajstić information content (AvgIpc) is 2.48. The normalized spacial score (nSPS) is 17.8. The lowest BCUT2D eigenvalue weighted by atomic mass is 10.1. The van der Waals surface area contributed by atoms with Gasteiger partial charge < -0.3 is 15.4 Å². The van der Waals surface area contributed by atoms with E-state index in [1.54, 1.807) is 24.3 Å². The Morgan fingerprint density at radius 1 is 1.36 bits per heavy atom. The Kier molecular flexibility index (Phi) is 7.98. The molecule has 1 aliphatic rings. The van der Waals surface area contributed by atoms with Crippen LogP contribution in [0.5, 0.6) is 5.75 Å². The van der Waals surface area contributed by atoms with E-state index in [4.69, 9.17) is 10.5 Å². The number of halogens is 1. The number of hydrogen-bond acceptors (Lipinski definition) is 5. The number of carbonyl (C=O) groups excluding carboxylic acids is 1. The number of piperidine rings is 1. The molecule has 0 saturated carbocycles. The van der Waals surface area contributed by atoms with Crippen LogP contribution in [0, 0.1) is 0 Å². The summed E-state index contributed by atoms with van der Waals surface area (Å²) in [5.41, 5.74) is 6.23. The summed E-state index contributed by atoms with van der Waals surface area (Å²) >= 11 is 0. The van der Waals surface area contributed by atoms with Gasteiger partial charge in [0.25, 0.3) is 0 Å². The van der Waals surface area contributed by atoms with Crippen molar-refractivity contribution in [2.24, 2.45) is 5.73 Å². The lowest BCUT2D eigenvalue weighted by molar-refractivity contribution is -0.129. The Hall–Kier alpha value is -1.51. The molecule has 1 fully saturated rings. The van der Waals surface area contributed by atoms with Gasteiger partial charge in [0.2, 0.25) is 15.9 Å². The molecular weight excluding hydrogens is 366 g/mol. The summed E-state index contributed by atoms with van der Waals surface area (Å²) in [5.74, 6) is -0.340. The molecule has 1 heterocycles. The molecule has 2 rings (SSSR count). The number of nitrogens with zero attached hydrogens (tertiary/aromatic N) is 1. The number of likely N-dealkylation sites (tertiary alicyclic amines) is 1. The van der Waals surface area contributed by atoms with E-state index in [9.17, 15) is 13.2 Å². The number of rotatable bonds is 6. The predicted molar refractivity (Wildman–Crippen MR) is 101 cm³/mol.